The van der Waals surface area contributed by atoms with Crippen molar-refractivity contribution in [2.75, 3.05) is 5.73 Å². The molecule has 3 rings (SSSR count). The topological polar surface area (TPSA) is 56.7 Å². The minimum Gasteiger partial charge on any atom is -0.382 e. The molecule has 0 fully saturated rings. The van der Waals surface area contributed by atoms with Gasteiger partial charge in [0.05, 0.1) is 17.8 Å². The lowest BCUT2D eigenvalue weighted by molar-refractivity contribution is 0.700. The molecule has 0 radical (unpaired) electrons. The van der Waals surface area contributed by atoms with Crippen molar-refractivity contribution in [1.29, 1.82) is 0 Å². The van der Waals surface area contributed by atoms with Crippen molar-refractivity contribution in [1.82, 2.24) is 14.8 Å². The van der Waals surface area contributed by atoms with Crippen molar-refractivity contribution < 1.29 is 0 Å². The lowest BCUT2D eigenvalue weighted by Crippen LogP contribution is -2.03. The van der Waals surface area contributed by atoms with Crippen molar-refractivity contribution in [3.63, 3.8) is 0 Å². The summed E-state index contributed by atoms with van der Waals surface area (Å²) in [6.45, 7) is 0.637. The number of para-hydroxylation sites is 1. The standard InChI is InChI=1S/C13H12N4/c14-13-11-6-1-2-7-12(11)17(16-13)9-10-5-3-4-8-15-10/h1-8H,9H2,(H2,14,16). The Bertz CT molecular complexity index is 643. The first kappa shape index (κ1) is 9.84. The number of fused-ring (bicyclic) bond motifs is 1. The van der Waals surface area contributed by atoms with Gasteiger partial charge in [-0.1, -0.05) is 18.2 Å². The van der Waals surface area contributed by atoms with Crippen molar-refractivity contribution in [2.45, 2.75) is 6.54 Å². The average molecular weight is 224 g/mol. The van der Waals surface area contributed by atoms with Gasteiger partial charge in [0.2, 0.25) is 0 Å². The Hall–Kier alpha value is -2.36. The van der Waals surface area contributed by atoms with E-state index in [9.17, 15) is 0 Å². The Morgan fingerprint density at radius 1 is 1.06 bits per heavy atom. The maximum absolute atomic E-state index is 5.88. The van der Waals surface area contributed by atoms with Crippen LogP contribution in [0.5, 0.6) is 0 Å². The van der Waals surface area contributed by atoms with Crippen molar-refractivity contribution in [2.24, 2.45) is 0 Å². The second-order valence-corrected chi connectivity index (χ2v) is 3.88. The summed E-state index contributed by atoms with van der Waals surface area (Å²) in [4.78, 5) is 4.29. The third-order valence-electron chi connectivity index (χ3n) is 2.72. The number of nitrogens with two attached hydrogens (primary N) is 1. The maximum Gasteiger partial charge on any atom is 0.153 e. The Balaban J connectivity index is 2.07. The van der Waals surface area contributed by atoms with E-state index in [0.717, 1.165) is 16.6 Å². The van der Waals surface area contributed by atoms with Gasteiger partial charge in [-0.15, -0.1) is 0 Å². The van der Waals surface area contributed by atoms with Gasteiger partial charge in [0.25, 0.3) is 0 Å². The van der Waals surface area contributed by atoms with Crippen LogP contribution < -0.4 is 5.73 Å². The molecular weight excluding hydrogens is 212 g/mol. The Labute approximate surface area is 98.7 Å². The summed E-state index contributed by atoms with van der Waals surface area (Å²) in [5, 5.41) is 5.33. The third kappa shape index (κ3) is 1.73. The fourth-order valence-corrected chi connectivity index (χ4v) is 1.92. The van der Waals surface area contributed by atoms with E-state index in [1.54, 1.807) is 6.20 Å². The van der Waals surface area contributed by atoms with Crippen molar-refractivity contribution in [3.8, 4) is 0 Å². The number of hydrogen-bond acceptors (Lipinski definition) is 3. The van der Waals surface area contributed by atoms with E-state index >= 15 is 0 Å². The predicted molar refractivity (Wildman–Crippen MR) is 67.5 cm³/mol. The molecule has 0 aliphatic rings. The Morgan fingerprint density at radius 2 is 1.88 bits per heavy atom. The highest BCUT2D eigenvalue weighted by Gasteiger charge is 2.07. The van der Waals surface area contributed by atoms with E-state index in [2.05, 4.69) is 10.1 Å². The normalized spacial score (nSPS) is 10.8. The van der Waals surface area contributed by atoms with Crippen LogP contribution in [0.2, 0.25) is 0 Å². The Kier molecular flexibility index (Phi) is 2.26. The fraction of sp³-hybridized carbons (Fsp3) is 0.0769. The third-order valence-corrected chi connectivity index (χ3v) is 2.72. The number of nitrogen functional groups attached to an aromatic ring is 1. The van der Waals surface area contributed by atoms with Gasteiger partial charge in [0.15, 0.2) is 5.82 Å². The summed E-state index contributed by atoms with van der Waals surface area (Å²) in [7, 11) is 0. The molecule has 2 aromatic heterocycles. The quantitative estimate of drug-likeness (QED) is 0.724. The summed E-state index contributed by atoms with van der Waals surface area (Å²) in [6.07, 6.45) is 1.78. The average Bonchev–Trinajstić information content (AvgIpc) is 2.69. The lowest BCUT2D eigenvalue weighted by Gasteiger charge is -2.02. The minimum absolute atomic E-state index is 0.566. The highest BCUT2D eigenvalue weighted by molar-refractivity contribution is 5.89. The van der Waals surface area contributed by atoms with Gasteiger partial charge in [-0.3, -0.25) is 9.67 Å². The molecule has 0 unspecified atom stereocenters. The van der Waals surface area contributed by atoms with E-state index in [0.29, 0.717) is 12.4 Å². The van der Waals surface area contributed by atoms with Gasteiger partial charge in [-0.05, 0) is 24.3 Å². The number of aromatic nitrogens is 3. The number of anilines is 1. The molecule has 0 saturated carbocycles. The van der Waals surface area contributed by atoms with Crippen LogP contribution in [0.15, 0.2) is 48.7 Å². The van der Waals surface area contributed by atoms with E-state index in [4.69, 9.17) is 5.73 Å². The van der Waals surface area contributed by atoms with Crippen LogP contribution in [0.1, 0.15) is 5.69 Å². The fourth-order valence-electron chi connectivity index (χ4n) is 1.92. The van der Waals surface area contributed by atoms with Crippen LogP contribution in [-0.4, -0.2) is 14.8 Å². The van der Waals surface area contributed by atoms with Crippen LogP contribution in [0, 0.1) is 0 Å². The van der Waals surface area contributed by atoms with Gasteiger partial charge >= 0.3 is 0 Å². The molecule has 17 heavy (non-hydrogen) atoms. The monoisotopic (exact) mass is 224 g/mol. The molecule has 2 heterocycles. The van der Waals surface area contributed by atoms with Crippen LogP contribution in [-0.2, 0) is 6.54 Å². The molecular formula is C13H12N4. The first-order valence-corrected chi connectivity index (χ1v) is 5.45. The summed E-state index contributed by atoms with van der Waals surface area (Å²) in [5.41, 5.74) is 7.89. The zero-order valence-corrected chi connectivity index (χ0v) is 9.24. The summed E-state index contributed by atoms with van der Waals surface area (Å²) >= 11 is 0. The number of nitrogens with zero attached hydrogens (tertiary/aromatic N) is 3. The molecule has 0 bridgehead atoms. The predicted octanol–water partition coefficient (Wildman–Crippen LogP) is 2.06. The number of benzene rings is 1. The van der Waals surface area contributed by atoms with Gasteiger partial charge in [-0.2, -0.15) is 5.10 Å². The van der Waals surface area contributed by atoms with Crippen molar-refractivity contribution in [3.05, 3.63) is 54.4 Å². The second kappa shape index (κ2) is 3.90. The molecule has 0 spiro atoms. The Morgan fingerprint density at radius 3 is 2.71 bits per heavy atom. The molecule has 0 aliphatic heterocycles. The molecule has 4 nitrogen and oxygen atoms in total. The van der Waals surface area contributed by atoms with Crippen molar-refractivity contribution >= 4 is 16.7 Å². The lowest BCUT2D eigenvalue weighted by atomic mass is 10.2. The number of hydrogen-bond donors (Lipinski definition) is 1. The summed E-state index contributed by atoms with van der Waals surface area (Å²) in [5.74, 6) is 0.566. The highest BCUT2D eigenvalue weighted by atomic mass is 15.3. The van der Waals surface area contributed by atoms with Gasteiger partial charge in [-0.25, -0.2) is 0 Å². The second-order valence-electron chi connectivity index (χ2n) is 3.88. The van der Waals surface area contributed by atoms with Gasteiger partial charge in [0.1, 0.15) is 0 Å². The molecule has 0 atom stereocenters. The molecule has 0 aliphatic carbocycles. The van der Waals surface area contributed by atoms with E-state index in [-0.39, 0.29) is 0 Å². The largest absolute Gasteiger partial charge is 0.382 e. The molecule has 4 heteroatoms. The zero-order chi connectivity index (χ0) is 11.7. The van der Waals surface area contributed by atoms with Crippen LogP contribution in [0.4, 0.5) is 5.82 Å². The molecule has 3 aromatic rings. The van der Waals surface area contributed by atoms with Gasteiger partial charge < -0.3 is 5.73 Å². The first-order chi connectivity index (χ1) is 8.34. The molecule has 1 aromatic carbocycles. The van der Waals surface area contributed by atoms with Crippen LogP contribution in [0.25, 0.3) is 10.9 Å². The molecule has 84 valence electrons. The maximum atomic E-state index is 5.88. The SMILES string of the molecule is Nc1nn(Cc2ccccn2)c2ccccc12. The summed E-state index contributed by atoms with van der Waals surface area (Å²) in [6, 6.07) is 13.8. The van der Waals surface area contributed by atoms with E-state index in [1.807, 2.05) is 47.1 Å². The molecule has 0 amide bonds. The number of pyridine rings is 1. The first-order valence-electron chi connectivity index (χ1n) is 5.45. The highest BCUT2D eigenvalue weighted by Crippen LogP contribution is 2.20. The van der Waals surface area contributed by atoms with E-state index in [1.165, 1.54) is 0 Å². The number of rotatable bonds is 2. The zero-order valence-electron chi connectivity index (χ0n) is 9.24. The minimum atomic E-state index is 0.566. The smallest absolute Gasteiger partial charge is 0.153 e. The van der Waals surface area contributed by atoms with E-state index < -0.39 is 0 Å². The van der Waals surface area contributed by atoms with Crippen LogP contribution >= 0.6 is 0 Å². The molecule has 0 saturated heterocycles. The molecule has 2 N–H and O–H groups in total. The van der Waals surface area contributed by atoms with Gasteiger partial charge in [0, 0.05) is 11.6 Å². The van der Waals surface area contributed by atoms with Crippen LogP contribution in [0.3, 0.4) is 0 Å². The summed E-state index contributed by atoms with van der Waals surface area (Å²) < 4.78 is 1.88.